The zero-order chi connectivity index (χ0) is 19.4. The first kappa shape index (κ1) is 27.2. The second-order valence-corrected chi connectivity index (χ2v) is 6.63. The fraction of sp³-hybridized carbons (Fsp3) is 0.200. The minimum Gasteiger partial charge on any atom is -0.742 e. The predicted octanol–water partition coefficient (Wildman–Crippen LogP) is -3.89. The van der Waals surface area contributed by atoms with Gasteiger partial charge in [-0.3, -0.25) is 4.98 Å². The molecule has 1 aromatic heterocycles. The molecule has 0 spiro atoms. The molecule has 3 aromatic rings. The van der Waals surface area contributed by atoms with Crippen molar-refractivity contribution in [1.29, 1.82) is 0 Å². The van der Waals surface area contributed by atoms with Gasteiger partial charge in [0.25, 0.3) is 0 Å². The van der Waals surface area contributed by atoms with Crippen molar-refractivity contribution < 1.29 is 113 Å². The number of anilines is 2. The number of nitrogens with one attached hydrogen (secondary N) is 1. The number of benzene rings is 2. The number of imidazole rings is 1. The largest absolute Gasteiger partial charge is 1.00 e. The van der Waals surface area contributed by atoms with Crippen LogP contribution >= 0.6 is 0 Å². The molecule has 0 saturated heterocycles. The minimum absolute atomic E-state index is 0. The zero-order valence-corrected chi connectivity index (χ0v) is 24.2. The van der Waals surface area contributed by atoms with E-state index in [1.165, 1.54) is 0 Å². The van der Waals surface area contributed by atoms with Crippen molar-refractivity contribution >= 4 is 30.0 Å². The van der Waals surface area contributed by atoms with E-state index in [9.17, 15) is 9.90 Å². The van der Waals surface area contributed by atoms with Gasteiger partial charge in [0.2, 0.25) is 0 Å². The monoisotopic (exact) mass is 458 g/mol. The number of carboxylic acids is 1. The summed E-state index contributed by atoms with van der Waals surface area (Å²) in [5, 5.41) is 15.2. The van der Waals surface area contributed by atoms with Crippen molar-refractivity contribution in [3.63, 3.8) is 0 Å². The van der Waals surface area contributed by atoms with Crippen molar-refractivity contribution in [2.75, 3.05) is 16.9 Å². The van der Waals surface area contributed by atoms with E-state index in [4.69, 9.17) is 12.6 Å². The standard InChI is InChI=1S/C20H22N4O2S.2K/c1-14-3-7-18(8-4-14)24(15(2)19(25)26)13-22-16-5-9-17(10-6-16)23-12-11-21-20(23)27;;/h3-12,15,22H,13H2,1-2H3,(H,21,27)(H,25,26);;/q;2*+1/p-2. The van der Waals surface area contributed by atoms with Gasteiger partial charge in [-0.05, 0) is 55.4 Å². The Kier molecular flexibility index (Phi) is 12.1. The maximum atomic E-state index is 11.4. The summed E-state index contributed by atoms with van der Waals surface area (Å²) in [6.07, 6.45) is 3.47. The van der Waals surface area contributed by atoms with E-state index < -0.39 is 12.0 Å². The molecule has 0 bridgehead atoms. The molecule has 1 N–H and O–H groups in total. The average molecular weight is 459 g/mol. The summed E-state index contributed by atoms with van der Waals surface area (Å²) >= 11 is 5.17. The van der Waals surface area contributed by atoms with Crippen molar-refractivity contribution in [1.82, 2.24) is 9.55 Å². The third-order valence-corrected chi connectivity index (χ3v) is 4.68. The van der Waals surface area contributed by atoms with Gasteiger partial charge in [-0.2, -0.15) is 0 Å². The first-order chi connectivity index (χ1) is 13.0. The Morgan fingerprint density at radius 3 is 2.31 bits per heavy atom. The molecule has 3 rings (SSSR count). The molecule has 0 radical (unpaired) electrons. The Labute approximate surface area is 261 Å². The van der Waals surface area contributed by atoms with Crippen LogP contribution < -0.4 is 118 Å². The molecular formula is C20H20K2N4O2S. The molecule has 2 aromatic carbocycles. The van der Waals surface area contributed by atoms with Gasteiger partial charge in [-0.25, -0.2) is 0 Å². The number of nitrogens with zero attached hydrogens (tertiary/aromatic N) is 3. The second kappa shape index (κ2) is 12.9. The van der Waals surface area contributed by atoms with Crippen LogP contribution in [0.15, 0.2) is 66.1 Å². The van der Waals surface area contributed by atoms with Crippen LogP contribution in [0.3, 0.4) is 0 Å². The number of aliphatic carboxylic acids is 1. The fourth-order valence-corrected chi connectivity index (χ4v) is 2.95. The maximum absolute atomic E-state index is 11.4. The molecule has 6 nitrogen and oxygen atoms in total. The molecule has 29 heavy (non-hydrogen) atoms. The van der Waals surface area contributed by atoms with Gasteiger partial charge in [-0.15, -0.1) is 0 Å². The van der Waals surface area contributed by atoms with Crippen molar-refractivity contribution in [3.05, 3.63) is 66.5 Å². The summed E-state index contributed by atoms with van der Waals surface area (Å²) in [7, 11) is 0. The van der Waals surface area contributed by atoms with Crippen molar-refractivity contribution in [3.8, 4) is 5.69 Å². The van der Waals surface area contributed by atoms with Crippen LogP contribution in [0.5, 0.6) is 0 Å². The summed E-state index contributed by atoms with van der Waals surface area (Å²) in [6.45, 7) is 3.93. The van der Waals surface area contributed by atoms with Gasteiger partial charge in [-0.1, -0.05) is 17.7 Å². The molecule has 1 atom stereocenters. The van der Waals surface area contributed by atoms with Crippen LogP contribution in [0.1, 0.15) is 12.5 Å². The minimum atomic E-state index is -1.12. The van der Waals surface area contributed by atoms with Gasteiger partial charge in [0.15, 0.2) is 0 Å². The normalized spacial score (nSPS) is 11.0. The Bertz CT molecular complexity index is 917. The summed E-state index contributed by atoms with van der Waals surface area (Å²) in [5.41, 5.74) is 3.72. The van der Waals surface area contributed by atoms with Crippen LogP contribution in [-0.4, -0.2) is 28.2 Å². The van der Waals surface area contributed by atoms with Crippen LogP contribution in [0.4, 0.5) is 11.4 Å². The van der Waals surface area contributed by atoms with E-state index in [1.54, 1.807) is 18.0 Å². The Morgan fingerprint density at radius 1 is 1.17 bits per heavy atom. The maximum Gasteiger partial charge on any atom is 1.00 e. The number of carbonyl (C=O) groups is 1. The molecule has 9 heteroatoms. The molecule has 140 valence electrons. The van der Waals surface area contributed by atoms with E-state index in [2.05, 4.69) is 10.3 Å². The van der Waals surface area contributed by atoms with E-state index in [-0.39, 0.29) is 103 Å². The summed E-state index contributed by atoms with van der Waals surface area (Å²) in [5.74, 6) is -1.12. The molecule has 0 aliphatic carbocycles. The molecule has 0 aliphatic heterocycles. The fourth-order valence-electron chi connectivity index (χ4n) is 2.72. The number of carbonyl (C=O) groups excluding carboxylic acids is 1. The first-order valence-corrected chi connectivity index (χ1v) is 8.95. The number of aryl methyl sites for hydroxylation is 1. The van der Waals surface area contributed by atoms with E-state index in [1.807, 2.05) is 66.2 Å². The number of hydrogen-bond acceptors (Lipinski definition) is 6. The smallest absolute Gasteiger partial charge is 0.742 e. The van der Waals surface area contributed by atoms with Gasteiger partial charge in [0.05, 0.1) is 18.7 Å². The molecule has 0 amide bonds. The number of rotatable bonds is 7. The molecule has 0 aliphatic rings. The Morgan fingerprint density at radius 2 is 1.79 bits per heavy atom. The molecule has 1 heterocycles. The molecule has 1 unspecified atom stereocenters. The zero-order valence-electron chi connectivity index (χ0n) is 17.1. The van der Waals surface area contributed by atoms with Gasteiger partial charge < -0.3 is 37.3 Å². The number of hydrogen-bond donors (Lipinski definition) is 1. The van der Waals surface area contributed by atoms with Crippen molar-refractivity contribution in [2.24, 2.45) is 0 Å². The van der Waals surface area contributed by atoms with Crippen molar-refractivity contribution in [2.45, 2.75) is 25.0 Å². The third-order valence-electron chi connectivity index (χ3n) is 4.38. The quantitative estimate of drug-likeness (QED) is 0.222. The summed E-state index contributed by atoms with van der Waals surface area (Å²) in [6, 6.07) is 14.6. The third kappa shape index (κ3) is 7.39. The van der Waals surface area contributed by atoms with Crippen LogP contribution in [0.2, 0.25) is 0 Å². The number of carboxylic acid groups (broad SMARTS) is 1. The second-order valence-electron chi connectivity index (χ2n) is 6.26. The predicted molar refractivity (Wildman–Crippen MR) is 106 cm³/mol. The molecular weight excluding hydrogens is 439 g/mol. The summed E-state index contributed by atoms with van der Waals surface area (Å²) < 4.78 is 1.82. The summed E-state index contributed by atoms with van der Waals surface area (Å²) in [4.78, 5) is 17.2. The number of aromatic nitrogens is 2. The van der Waals surface area contributed by atoms with E-state index in [0.717, 1.165) is 22.6 Å². The van der Waals surface area contributed by atoms with Crippen LogP contribution in [-0.2, 0) is 17.4 Å². The SMILES string of the molecule is Cc1ccc(N(CNc2ccc(-n3ccnc3[S-])cc2)C(C)C(=O)[O-])cc1.[K+].[K+]. The van der Waals surface area contributed by atoms with E-state index in [0.29, 0.717) is 11.8 Å². The van der Waals surface area contributed by atoms with E-state index >= 15 is 0 Å². The topological polar surface area (TPSA) is 73.2 Å². The van der Waals surface area contributed by atoms with Gasteiger partial charge in [0.1, 0.15) is 0 Å². The first-order valence-electron chi connectivity index (χ1n) is 8.54. The average Bonchev–Trinajstić information content (AvgIpc) is 3.09. The van der Waals surface area contributed by atoms with Crippen LogP contribution in [0, 0.1) is 6.92 Å². The van der Waals surface area contributed by atoms with Gasteiger partial charge in [0, 0.05) is 29.5 Å². The molecule has 0 fully saturated rings. The van der Waals surface area contributed by atoms with Crippen LogP contribution in [0.25, 0.3) is 5.69 Å². The Hall–Kier alpha value is 0.213. The van der Waals surface area contributed by atoms with Gasteiger partial charge >= 0.3 is 103 Å². The Balaban J connectivity index is 0.00000210. The molecule has 0 saturated carbocycles.